The molecule has 0 spiro atoms. The van der Waals surface area contributed by atoms with Gasteiger partial charge in [0.25, 0.3) is 11.8 Å². The molecule has 186 valence electrons. The van der Waals surface area contributed by atoms with Crippen molar-refractivity contribution in [3.8, 4) is 5.75 Å². The summed E-state index contributed by atoms with van der Waals surface area (Å²) in [5.74, 6) is -3.17. The van der Waals surface area contributed by atoms with Crippen molar-refractivity contribution in [3.63, 3.8) is 0 Å². The molecule has 8 nitrogen and oxygen atoms in total. The molecule has 1 saturated heterocycles. The zero-order valence-corrected chi connectivity index (χ0v) is 19.5. The summed E-state index contributed by atoms with van der Waals surface area (Å²) in [6.45, 7) is 3.72. The van der Waals surface area contributed by atoms with Crippen LogP contribution in [-0.4, -0.2) is 56.6 Å². The quantitative estimate of drug-likeness (QED) is 0.693. The number of halogens is 2. The van der Waals surface area contributed by atoms with Gasteiger partial charge in [-0.3, -0.25) is 19.3 Å². The van der Waals surface area contributed by atoms with E-state index in [2.05, 4.69) is 10.2 Å². The highest BCUT2D eigenvalue weighted by molar-refractivity contribution is 5.99. The summed E-state index contributed by atoms with van der Waals surface area (Å²) in [4.78, 5) is 43.4. The van der Waals surface area contributed by atoms with Gasteiger partial charge in [0.2, 0.25) is 5.43 Å². The molecule has 0 bridgehead atoms. The van der Waals surface area contributed by atoms with E-state index >= 15 is 0 Å². The molecular formula is C25H28F2N4O4. The van der Waals surface area contributed by atoms with Gasteiger partial charge in [-0.1, -0.05) is 25.8 Å². The number of aromatic hydroxyl groups is 1. The fourth-order valence-electron chi connectivity index (χ4n) is 5.83. The van der Waals surface area contributed by atoms with E-state index in [-0.39, 0.29) is 35.6 Å². The molecule has 3 aliphatic rings. The Morgan fingerprint density at radius 2 is 1.94 bits per heavy atom. The van der Waals surface area contributed by atoms with Crippen LogP contribution in [-0.2, 0) is 13.1 Å². The molecule has 2 aliphatic heterocycles. The minimum Gasteiger partial charge on any atom is -0.503 e. The Labute approximate surface area is 201 Å². The van der Waals surface area contributed by atoms with Gasteiger partial charge in [0.05, 0.1) is 6.54 Å². The average Bonchev–Trinajstić information content (AvgIpc) is 2.84. The molecular weight excluding hydrogens is 458 g/mol. The fraction of sp³-hybridized carbons (Fsp3) is 0.480. The van der Waals surface area contributed by atoms with E-state index in [1.54, 1.807) is 0 Å². The van der Waals surface area contributed by atoms with Gasteiger partial charge < -0.3 is 19.9 Å². The summed E-state index contributed by atoms with van der Waals surface area (Å²) < 4.78 is 28.5. The highest BCUT2D eigenvalue weighted by Crippen LogP contribution is 2.39. The van der Waals surface area contributed by atoms with Gasteiger partial charge in [-0.25, -0.2) is 8.78 Å². The third-order valence-corrected chi connectivity index (χ3v) is 7.60. The maximum atomic E-state index is 13.9. The second-order valence-electron chi connectivity index (χ2n) is 9.53. The number of amides is 2. The van der Waals surface area contributed by atoms with Gasteiger partial charge >= 0.3 is 0 Å². The monoisotopic (exact) mass is 486 g/mol. The van der Waals surface area contributed by atoms with Crippen LogP contribution >= 0.6 is 0 Å². The van der Waals surface area contributed by atoms with Crippen molar-refractivity contribution in [2.24, 2.45) is 5.92 Å². The van der Waals surface area contributed by atoms with E-state index in [1.807, 2.05) is 11.8 Å². The number of nitrogens with zero attached hydrogens (tertiary/aromatic N) is 3. The molecule has 0 unspecified atom stereocenters. The Kier molecular flexibility index (Phi) is 6.08. The summed E-state index contributed by atoms with van der Waals surface area (Å²) in [5, 5.41) is 13.2. The van der Waals surface area contributed by atoms with Crippen LogP contribution in [0.1, 0.15) is 59.0 Å². The van der Waals surface area contributed by atoms with Gasteiger partial charge in [0.1, 0.15) is 23.4 Å². The number of aromatic nitrogens is 1. The molecule has 0 radical (unpaired) electrons. The summed E-state index contributed by atoms with van der Waals surface area (Å²) in [6.07, 6.45) is 5.18. The van der Waals surface area contributed by atoms with E-state index in [9.17, 15) is 28.3 Å². The number of nitrogens with one attached hydrogen (secondary N) is 1. The second kappa shape index (κ2) is 9.07. The SMILES string of the molecule is CCN1C[C@@H]2CCCC[C@@H]2N2C(=O)c3c(O)c(=O)c(C(=O)NCc4ccc(F)cc4F)cn3C[C@@H]12. The highest BCUT2D eigenvalue weighted by atomic mass is 19.1. The van der Waals surface area contributed by atoms with Crippen LogP contribution in [0.25, 0.3) is 0 Å². The molecule has 35 heavy (non-hydrogen) atoms. The van der Waals surface area contributed by atoms with E-state index in [0.717, 1.165) is 44.8 Å². The van der Waals surface area contributed by atoms with Crippen molar-refractivity contribution >= 4 is 11.8 Å². The summed E-state index contributed by atoms with van der Waals surface area (Å²) in [6, 6.07) is 3.05. The molecule has 1 aromatic heterocycles. The first-order valence-corrected chi connectivity index (χ1v) is 12.0. The van der Waals surface area contributed by atoms with Gasteiger partial charge in [0.15, 0.2) is 11.4 Å². The van der Waals surface area contributed by atoms with Crippen molar-refractivity contribution < 1.29 is 23.5 Å². The first-order valence-electron chi connectivity index (χ1n) is 12.0. The van der Waals surface area contributed by atoms with Crippen LogP contribution in [0.3, 0.4) is 0 Å². The number of pyridine rings is 1. The Hall–Kier alpha value is -3.27. The fourth-order valence-corrected chi connectivity index (χ4v) is 5.83. The third kappa shape index (κ3) is 3.99. The Bertz CT molecular complexity index is 1250. The number of benzene rings is 1. The van der Waals surface area contributed by atoms with Crippen LogP contribution in [0.2, 0.25) is 0 Å². The predicted molar refractivity (Wildman–Crippen MR) is 123 cm³/mol. The van der Waals surface area contributed by atoms with Crippen molar-refractivity contribution in [2.45, 2.75) is 57.9 Å². The van der Waals surface area contributed by atoms with Crippen LogP contribution in [0, 0.1) is 17.6 Å². The van der Waals surface area contributed by atoms with Gasteiger partial charge in [-0.15, -0.1) is 0 Å². The minimum atomic E-state index is -0.954. The van der Waals surface area contributed by atoms with Gasteiger partial charge in [-0.05, 0) is 31.4 Å². The molecule has 2 N–H and O–H groups in total. The van der Waals surface area contributed by atoms with Crippen LogP contribution in [0.5, 0.6) is 5.75 Å². The molecule has 2 amide bonds. The molecule has 3 heterocycles. The Morgan fingerprint density at radius 3 is 2.69 bits per heavy atom. The van der Waals surface area contributed by atoms with E-state index in [1.165, 1.54) is 16.8 Å². The molecule has 2 aromatic rings. The smallest absolute Gasteiger partial charge is 0.276 e. The topological polar surface area (TPSA) is 94.9 Å². The van der Waals surface area contributed by atoms with Crippen molar-refractivity contribution in [1.82, 2.24) is 19.7 Å². The van der Waals surface area contributed by atoms with Crippen molar-refractivity contribution in [1.29, 1.82) is 0 Å². The second-order valence-corrected chi connectivity index (χ2v) is 9.53. The summed E-state index contributed by atoms with van der Waals surface area (Å²) in [7, 11) is 0. The predicted octanol–water partition coefficient (Wildman–Crippen LogP) is 2.44. The van der Waals surface area contributed by atoms with Crippen LogP contribution < -0.4 is 10.7 Å². The number of fused-ring (bicyclic) bond motifs is 4. The molecule has 1 saturated carbocycles. The van der Waals surface area contributed by atoms with Gasteiger partial charge in [-0.2, -0.15) is 0 Å². The molecule has 3 atom stereocenters. The van der Waals surface area contributed by atoms with E-state index in [4.69, 9.17) is 0 Å². The van der Waals surface area contributed by atoms with E-state index in [0.29, 0.717) is 18.5 Å². The lowest BCUT2D eigenvalue weighted by Crippen LogP contribution is -2.67. The van der Waals surface area contributed by atoms with Crippen LogP contribution in [0.15, 0.2) is 29.2 Å². The van der Waals surface area contributed by atoms with Crippen LogP contribution in [0.4, 0.5) is 8.78 Å². The molecule has 10 heteroatoms. The number of carbonyl (C=O) groups excluding carboxylic acids is 2. The average molecular weight is 487 g/mol. The Balaban J connectivity index is 1.46. The molecule has 2 fully saturated rings. The molecule has 5 rings (SSSR count). The standard InChI is InChI=1S/C25H28F2N4O4/c1-2-29-11-15-5-3-4-6-19(15)31-20(29)13-30-12-17(22(32)23(33)21(30)25(31)35)24(34)28-10-14-7-8-16(26)9-18(14)27/h7-9,12,15,19-20,33H,2-6,10-11,13H2,1H3,(H,28,34)/t15-,19-,20-/m0/s1. The molecule has 1 aromatic carbocycles. The largest absolute Gasteiger partial charge is 0.503 e. The lowest BCUT2D eigenvalue weighted by atomic mass is 9.80. The van der Waals surface area contributed by atoms with Crippen molar-refractivity contribution in [3.05, 3.63) is 63.1 Å². The maximum absolute atomic E-state index is 13.9. The van der Waals surface area contributed by atoms with E-state index < -0.39 is 34.6 Å². The maximum Gasteiger partial charge on any atom is 0.276 e. The normalized spacial score (nSPS) is 23.9. The van der Waals surface area contributed by atoms with Gasteiger partial charge in [0, 0.05) is 37.0 Å². The lowest BCUT2D eigenvalue weighted by molar-refractivity contribution is -0.0714. The third-order valence-electron chi connectivity index (χ3n) is 7.60. The number of hydrogen-bond acceptors (Lipinski definition) is 5. The zero-order chi connectivity index (χ0) is 24.9. The van der Waals surface area contributed by atoms with Crippen molar-refractivity contribution in [2.75, 3.05) is 13.1 Å². The Morgan fingerprint density at radius 1 is 1.17 bits per heavy atom. The number of rotatable bonds is 4. The number of hydrogen-bond donors (Lipinski definition) is 2. The molecule has 1 aliphatic carbocycles. The summed E-state index contributed by atoms with van der Waals surface area (Å²) in [5.41, 5.74) is -1.35. The first kappa shape index (κ1) is 23.5. The number of likely N-dealkylation sites (N-methyl/N-ethyl adjacent to an activating group) is 1. The first-order chi connectivity index (χ1) is 16.8. The lowest BCUT2D eigenvalue weighted by Gasteiger charge is -2.55. The zero-order valence-electron chi connectivity index (χ0n) is 19.5. The summed E-state index contributed by atoms with van der Waals surface area (Å²) >= 11 is 0. The number of carbonyl (C=O) groups is 2. The minimum absolute atomic E-state index is 0.0516. The highest BCUT2D eigenvalue weighted by Gasteiger charge is 2.48.